The first kappa shape index (κ1) is 14.4. The molecule has 6 nitrogen and oxygen atoms in total. The van der Waals surface area contributed by atoms with Crippen molar-refractivity contribution >= 4 is 5.78 Å². The molecule has 0 aliphatic carbocycles. The van der Waals surface area contributed by atoms with E-state index in [0.717, 1.165) is 6.07 Å². The maximum absolute atomic E-state index is 11.6. The average Bonchev–Trinajstić information content (AvgIpc) is 2.27. The summed E-state index contributed by atoms with van der Waals surface area (Å²) in [5.74, 6) is -1.33. The summed E-state index contributed by atoms with van der Waals surface area (Å²) in [5.41, 5.74) is -1.43. The number of rotatable bonds is 5. The fraction of sp³-hybridized carbons (Fsp3) is 0.500. The Hall–Kier alpha value is -1.66. The summed E-state index contributed by atoms with van der Waals surface area (Å²) in [6.07, 6.45) is -1.93. The van der Waals surface area contributed by atoms with Crippen molar-refractivity contribution in [2.24, 2.45) is 0 Å². The van der Waals surface area contributed by atoms with Gasteiger partial charge in [0.1, 0.15) is 23.2 Å². The molecule has 3 N–H and O–H groups in total. The maximum atomic E-state index is 11.6. The van der Waals surface area contributed by atoms with Crippen molar-refractivity contribution in [1.29, 1.82) is 0 Å². The molecule has 0 unspecified atom stereocenters. The zero-order valence-corrected chi connectivity index (χ0v) is 10.2. The molecular formula is C12H16O6. The molecule has 0 amide bonds. The van der Waals surface area contributed by atoms with E-state index in [4.69, 9.17) is 9.52 Å². The van der Waals surface area contributed by atoms with Crippen LogP contribution in [-0.2, 0) is 0 Å². The van der Waals surface area contributed by atoms with Crippen LogP contribution >= 0.6 is 0 Å². The lowest BCUT2D eigenvalue weighted by Crippen LogP contribution is -2.19. The van der Waals surface area contributed by atoms with Gasteiger partial charge in [-0.15, -0.1) is 0 Å². The number of hydrogen-bond acceptors (Lipinski definition) is 6. The van der Waals surface area contributed by atoms with E-state index < -0.39 is 34.9 Å². The minimum atomic E-state index is -1.43. The molecule has 18 heavy (non-hydrogen) atoms. The van der Waals surface area contributed by atoms with Crippen molar-refractivity contribution in [3.63, 3.8) is 0 Å². The molecule has 0 radical (unpaired) electrons. The number of carbonyl (C=O) groups excluding carboxylic acids is 1. The van der Waals surface area contributed by atoms with Gasteiger partial charge in [-0.25, -0.2) is 4.79 Å². The molecule has 1 aromatic rings. The minimum Gasteiger partial charge on any atom is -0.507 e. The third-order valence-corrected chi connectivity index (χ3v) is 2.45. The third-order valence-electron chi connectivity index (χ3n) is 2.45. The molecular weight excluding hydrogens is 240 g/mol. The van der Waals surface area contributed by atoms with Crippen molar-refractivity contribution in [3.8, 4) is 5.75 Å². The lowest BCUT2D eigenvalue weighted by molar-refractivity contribution is 0.0146. The molecule has 2 atom stereocenters. The first-order valence-corrected chi connectivity index (χ1v) is 5.64. The Labute approximate surface area is 103 Å². The van der Waals surface area contributed by atoms with Crippen LogP contribution in [0, 0.1) is 0 Å². The lowest BCUT2D eigenvalue weighted by Gasteiger charge is -2.12. The Bertz CT molecular complexity index is 488. The van der Waals surface area contributed by atoms with E-state index in [2.05, 4.69) is 0 Å². The van der Waals surface area contributed by atoms with E-state index in [0.29, 0.717) is 6.42 Å². The predicted molar refractivity (Wildman–Crippen MR) is 62.5 cm³/mol. The summed E-state index contributed by atoms with van der Waals surface area (Å²) in [6.45, 7) is 3.07. The van der Waals surface area contributed by atoms with Gasteiger partial charge in [-0.3, -0.25) is 4.79 Å². The smallest absolute Gasteiger partial charge is 0.350 e. The van der Waals surface area contributed by atoms with Crippen LogP contribution in [-0.4, -0.2) is 27.2 Å². The highest BCUT2D eigenvalue weighted by Gasteiger charge is 2.23. The Kier molecular flexibility index (Phi) is 4.63. The highest BCUT2D eigenvalue weighted by atomic mass is 16.4. The molecule has 0 saturated heterocycles. The van der Waals surface area contributed by atoms with E-state index in [1.807, 2.05) is 0 Å². The van der Waals surface area contributed by atoms with Crippen LogP contribution in [0.25, 0.3) is 0 Å². The summed E-state index contributed by atoms with van der Waals surface area (Å²) in [6, 6.07) is 0.974. The van der Waals surface area contributed by atoms with E-state index in [1.54, 1.807) is 6.92 Å². The molecule has 1 rings (SSSR count). The van der Waals surface area contributed by atoms with Gasteiger partial charge in [-0.1, -0.05) is 6.92 Å². The van der Waals surface area contributed by atoms with Crippen LogP contribution in [0.4, 0.5) is 0 Å². The number of Topliss-reactive ketones (excluding diaryl/α,β-unsaturated/α-hetero) is 1. The molecule has 0 fully saturated rings. The van der Waals surface area contributed by atoms with Crippen LogP contribution in [0.2, 0.25) is 0 Å². The van der Waals surface area contributed by atoms with Crippen molar-refractivity contribution in [2.75, 3.05) is 0 Å². The van der Waals surface area contributed by atoms with Crippen LogP contribution in [0.3, 0.4) is 0 Å². The van der Waals surface area contributed by atoms with E-state index in [1.165, 1.54) is 6.92 Å². The number of aliphatic hydroxyl groups excluding tert-OH is 2. The van der Waals surface area contributed by atoms with Gasteiger partial charge in [-0.05, 0) is 13.3 Å². The molecule has 1 aromatic heterocycles. The largest absolute Gasteiger partial charge is 0.507 e. The molecule has 0 spiro atoms. The third kappa shape index (κ3) is 2.96. The van der Waals surface area contributed by atoms with Gasteiger partial charge < -0.3 is 19.7 Å². The number of aromatic hydroxyl groups is 1. The van der Waals surface area contributed by atoms with Crippen LogP contribution in [0.15, 0.2) is 15.3 Å². The van der Waals surface area contributed by atoms with Crippen molar-refractivity contribution in [2.45, 2.75) is 38.9 Å². The van der Waals surface area contributed by atoms with Gasteiger partial charge in [0.15, 0.2) is 5.78 Å². The standard InChI is InChI=1S/C12H16O6/c1-3-4-7(14)10-8(15)5-9(18-12(10)17)11(16)6(2)13/h5-6,11,13,15-16H,3-4H2,1-2H3/t6-,11-/m1/s1. The molecule has 0 bridgehead atoms. The monoisotopic (exact) mass is 256 g/mol. The van der Waals surface area contributed by atoms with Crippen LogP contribution < -0.4 is 5.63 Å². The predicted octanol–water partition coefficient (Wildman–Crippen LogP) is 0.742. The van der Waals surface area contributed by atoms with E-state index in [-0.39, 0.29) is 12.2 Å². The molecule has 1 heterocycles. The second kappa shape index (κ2) is 5.79. The SMILES string of the molecule is CCCC(=O)c1c(O)cc([C@H](O)[C@@H](C)O)oc1=O. The second-order valence-electron chi connectivity index (χ2n) is 4.06. The number of carbonyl (C=O) groups is 1. The topological polar surface area (TPSA) is 108 Å². The Morgan fingerprint density at radius 3 is 2.50 bits per heavy atom. The van der Waals surface area contributed by atoms with Crippen molar-refractivity contribution in [3.05, 3.63) is 27.8 Å². The van der Waals surface area contributed by atoms with Gasteiger partial charge in [0.2, 0.25) is 0 Å². The van der Waals surface area contributed by atoms with Gasteiger partial charge in [0, 0.05) is 12.5 Å². The second-order valence-corrected chi connectivity index (χ2v) is 4.06. The fourth-order valence-electron chi connectivity index (χ4n) is 1.49. The van der Waals surface area contributed by atoms with E-state index >= 15 is 0 Å². The minimum absolute atomic E-state index is 0.122. The van der Waals surface area contributed by atoms with Gasteiger partial charge in [0.25, 0.3) is 0 Å². The Morgan fingerprint density at radius 1 is 1.44 bits per heavy atom. The summed E-state index contributed by atoms with van der Waals surface area (Å²) in [4.78, 5) is 23.1. The first-order chi connectivity index (χ1) is 8.38. The van der Waals surface area contributed by atoms with Gasteiger partial charge in [-0.2, -0.15) is 0 Å². The van der Waals surface area contributed by atoms with Crippen molar-refractivity contribution in [1.82, 2.24) is 0 Å². The normalized spacial score (nSPS) is 14.2. The fourth-order valence-corrected chi connectivity index (χ4v) is 1.49. The summed E-state index contributed by atoms with van der Waals surface area (Å²) in [5, 5.41) is 28.3. The molecule has 0 aromatic carbocycles. The first-order valence-electron chi connectivity index (χ1n) is 5.64. The Morgan fingerprint density at radius 2 is 2.06 bits per heavy atom. The number of aliphatic hydroxyl groups is 2. The summed E-state index contributed by atoms with van der Waals surface area (Å²) in [7, 11) is 0. The quantitative estimate of drug-likeness (QED) is 0.671. The van der Waals surface area contributed by atoms with E-state index in [9.17, 15) is 19.8 Å². The Balaban J connectivity index is 3.21. The molecule has 0 saturated carbocycles. The van der Waals surface area contributed by atoms with Crippen LogP contribution in [0.1, 0.15) is 48.9 Å². The summed E-state index contributed by atoms with van der Waals surface area (Å²) < 4.78 is 4.73. The molecule has 0 aliphatic rings. The lowest BCUT2D eigenvalue weighted by atomic mass is 10.1. The highest BCUT2D eigenvalue weighted by Crippen LogP contribution is 2.23. The highest BCUT2D eigenvalue weighted by molar-refractivity contribution is 5.97. The number of ketones is 1. The zero-order valence-electron chi connectivity index (χ0n) is 10.2. The van der Waals surface area contributed by atoms with Gasteiger partial charge in [0.05, 0.1) is 6.10 Å². The molecule has 100 valence electrons. The molecule has 6 heteroatoms. The zero-order chi connectivity index (χ0) is 13.9. The molecule has 0 aliphatic heterocycles. The summed E-state index contributed by atoms with van der Waals surface area (Å²) >= 11 is 0. The van der Waals surface area contributed by atoms with Gasteiger partial charge >= 0.3 is 5.63 Å². The average molecular weight is 256 g/mol. The van der Waals surface area contributed by atoms with Crippen molar-refractivity contribution < 1.29 is 24.5 Å². The number of hydrogen-bond donors (Lipinski definition) is 3. The maximum Gasteiger partial charge on any atom is 0.350 e. The van der Waals surface area contributed by atoms with Crippen LogP contribution in [0.5, 0.6) is 5.75 Å².